The predicted octanol–water partition coefficient (Wildman–Crippen LogP) is 3.85. The first-order valence-corrected chi connectivity index (χ1v) is 9.84. The number of allylic oxidation sites excluding steroid dienone is 1. The zero-order valence-electron chi connectivity index (χ0n) is 17.1. The van der Waals surface area contributed by atoms with Gasteiger partial charge >= 0.3 is 12.0 Å². The first-order valence-electron chi connectivity index (χ1n) is 9.84. The minimum absolute atomic E-state index is 0.354. The average molecular weight is 390 g/mol. The SMILES string of the molecule is CCCCCOc1ccc(C2NC(=O)NC(CC)=C2C(=O)OC)cc1OCC. The molecule has 1 heterocycles. The van der Waals surface area contributed by atoms with E-state index in [2.05, 4.69) is 17.6 Å². The van der Waals surface area contributed by atoms with Gasteiger partial charge in [0.05, 0.1) is 31.9 Å². The molecule has 0 bridgehead atoms. The lowest BCUT2D eigenvalue weighted by Crippen LogP contribution is -2.45. The number of carbonyl (C=O) groups excluding carboxylic acids is 2. The van der Waals surface area contributed by atoms with Gasteiger partial charge in [-0.1, -0.05) is 32.8 Å². The summed E-state index contributed by atoms with van der Waals surface area (Å²) in [6.45, 7) is 7.01. The minimum Gasteiger partial charge on any atom is -0.490 e. The summed E-state index contributed by atoms with van der Waals surface area (Å²) in [6, 6.07) is 4.49. The molecule has 28 heavy (non-hydrogen) atoms. The molecule has 1 aliphatic heterocycles. The minimum atomic E-state index is -0.621. The standard InChI is InChI=1S/C21H30N2O5/c1-5-8-9-12-28-16-11-10-14(13-17(16)27-7-3)19-18(20(24)26-4)15(6-2)22-21(25)23-19/h10-11,13,19H,5-9,12H2,1-4H3,(H2,22,23,25). The van der Waals surface area contributed by atoms with Gasteiger partial charge in [-0.25, -0.2) is 9.59 Å². The Morgan fingerprint density at radius 1 is 1.11 bits per heavy atom. The molecule has 1 atom stereocenters. The number of hydrogen-bond donors (Lipinski definition) is 2. The molecule has 154 valence electrons. The third-order valence-corrected chi connectivity index (χ3v) is 4.52. The van der Waals surface area contributed by atoms with Gasteiger partial charge in [0.15, 0.2) is 11.5 Å². The van der Waals surface area contributed by atoms with Crippen LogP contribution in [0.15, 0.2) is 29.5 Å². The van der Waals surface area contributed by atoms with Crippen LogP contribution in [0, 0.1) is 0 Å². The van der Waals surface area contributed by atoms with Crippen molar-refractivity contribution in [2.45, 2.75) is 52.5 Å². The maximum absolute atomic E-state index is 12.4. The van der Waals surface area contributed by atoms with Gasteiger partial charge in [0.1, 0.15) is 0 Å². The van der Waals surface area contributed by atoms with Crippen molar-refractivity contribution in [3.05, 3.63) is 35.0 Å². The Hall–Kier alpha value is -2.70. The van der Waals surface area contributed by atoms with Crippen molar-refractivity contribution in [2.24, 2.45) is 0 Å². The number of nitrogens with one attached hydrogen (secondary N) is 2. The van der Waals surface area contributed by atoms with E-state index in [1.54, 1.807) is 0 Å². The van der Waals surface area contributed by atoms with Crippen molar-refractivity contribution in [1.82, 2.24) is 10.6 Å². The smallest absolute Gasteiger partial charge is 0.337 e. The van der Waals surface area contributed by atoms with Crippen LogP contribution in [0.5, 0.6) is 11.5 Å². The van der Waals surface area contributed by atoms with Gasteiger partial charge in [-0.15, -0.1) is 0 Å². The van der Waals surface area contributed by atoms with Crippen LogP contribution < -0.4 is 20.1 Å². The summed E-state index contributed by atoms with van der Waals surface area (Å²) in [5.74, 6) is 0.764. The molecule has 1 aromatic rings. The Bertz CT molecular complexity index is 730. The number of amides is 2. The van der Waals surface area contributed by atoms with Gasteiger partial charge in [-0.05, 0) is 37.5 Å². The second-order valence-electron chi connectivity index (χ2n) is 6.46. The fraction of sp³-hybridized carbons (Fsp3) is 0.524. The second kappa shape index (κ2) is 10.6. The normalized spacial score (nSPS) is 16.3. The number of esters is 1. The van der Waals surface area contributed by atoms with Crippen LogP contribution in [0.25, 0.3) is 0 Å². The van der Waals surface area contributed by atoms with Crippen LogP contribution in [0.2, 0.25) is 0 Å². The number of hydrogen-bond acceptors (Lipinski definition) is 5. The van der Waals surface area contributed by atoms with Crippen LogP contribution in [-0.2, 0) is 9.53 Å². The van der Waals surface area contributed by atoms with Crippen molar-refractivity contribution in [2.75, 3.05) is 20.3 Å². The van der Waals surface area contributed by atoms with Gasteiger partial charge in [-0.2, -0.15) is 0 Å². The number of methoxy groups -OCH3 is 1. The molecule has 2 N–H and O–H groups in total. The highest BCUT2D eigenvalue weighted by Gasteiger charge is 2.33. The Morgan fingerprint density at radius 2 is 1.89 bits per heavy atom. The van der Waals surface area contributed by atoms with E-state index in [4.69, 9.17) is 14.2 Å². The fourth-order valence-electron chi connectivity index (χ4n) is 3.12. The van der Waals surface area contributed by atoms with Crippen molar-refractivity contribution in [3.63, 3.8) is 0 Å². The van der Waals surface area contributed by atoms with Crippen molar-refractivity contribution in [3.8, 4) is 11.5 Å². The van der Waals surface area contributed by atoms with Crippen LogP contribution in [0.4, 0.5) is 4.79 Å². The van der Waals surface area contributed by atoms with Crippen molar-refractivity contribution in [1.29, 1.82) is 0 Å². The Kier molecular flexibility index (Phi) is 8.17. The molecule has 2 rings (SSSR count). The monoisotopic (exact) mass is 390 g/mol. The summed E-state index contributed by atoms with van der Waals surface area (Å²) >= 11 is 0. The predicted molar refractivity (Wildman–Crippen MR) is 106 cm³/mol. The Labute approximate surface area is 166 Å². The lowest BCUT2D eigenvalue weighted by Gasteiger charge is -2.29. The van der Waals surface area contributed by atoms with Crippen LogP contribution in [0.3, 0.4) is 0 Å². The van der Waals surface area contributed by atoms with Gasteiger partial charge in [0, 0.05) is 5.70 Å². The van der Waals surface area contributed by atoms with Crippen LogP contribution >= 0.6 is 0 Å². The first kappa shape index (κ1) is 21.6. The number of urea groups is 1. The van der Waals surface area contributed by atoms with Crippen molar-refractivity contribution < 1.29 is 23.8 Å². The van der Waals surface area contributed by atoms with E-state index in [1.807, 2.05) is 32.0 Å². The Morgan fingerprint density at radius 3 is 2.54 bits per heavy atom. The molecular formula is C21H30N2O5. The van der Waals surface area contributed by atoms with Crippen LogP contribution in [0.1, 0.15) is 58.1 Å². The highest BCUT2D eigenvalue weighted by molar-refractivity contribution is 5.95. The maximum Gasteiger partial charge on any atom is 0.337 e. The van der Waals surface area contributed by atoms with E-state index in [-0.39, 0.29) is 6.03 Å². The Balaban J connectivity index is 2.37. The second-order valence-corrected chi connectivity index (χ2v) is 6.46. The molecular weight excluding hydrogens is 360 g/mol. The number of benzene rings is 1. The van der Waals surface area contributed by atoms with Gasteiger partial charge in [0.2, 0.25) is 0 Å². The third kappa shape index (κ3) is 5.18. The maximum atomic E-state index is 12.4. The molecule has 1 aromatic carbocycles. The van der Waals surface area contributed by atoms with E-state index in [9.17, 15) is 9.59 Å². The van der Waals surface area contributed by atoms with E-state index in [1.165, 1.54) is 7.11 Å². The summed E-state index contributed by atoms with van der Waals surface area (Å²) < 4.78 is 16.5. The lowest BCUT2D eigenvalue weighted by atomic mass is 9.94. The van der Waals surface area contributed by atoms with Gasteiger partial charge in [-0.3, -0.25) is 0 Å². The third-order valence-electron chi connectivity index (χ3n) is 4.52. The summed E-state index contributed by atoms with van der Waals surface area (Å²) in [5.41, 5.74) is 1.67. The van der Waals surface area contributed by atoms with Crippen LogP contribution in [-0.4, -0.2) is 32.3 Å². The molecule has 1 aliphatic rings. The molecule has 7 nitrogen and oxygen atoms in total. The highest BCUT2D eigenvalue weighted by atomic mass is 16.5. The molecule has 0 spiro atoms. The summed E-state index contributed by atoms with van der Waals surface area (Å²) in [6.07, 6.45) is 3.71. The summed E-state index contributed by atoms with van der Waals surface area (Å²) in [4.78, 5) is 24.5. The quantitative estimate of drug-likeness (QED) is 0.468. The summed E-state index contributed by atoms with van der Waals surface area (Å²) in [5, 5.41) is 5.50. The molecule has 1 unspecified atom stereocenters. The van der Waals surface area contributed by atoms with E-state index >= 15 is 0 Å². The van der Waals surface area contributed by atoms with E-state index in [0.717, 1.165) is 24.8 Å². The first-order chi connectivity index (χ1) is 13.5. The number of unbranched alkanes of at least 4 members (excludes halogenated alkanes) is 2. The molecule has 0 aliphatic carbocycles. The van der Waals surface area contributed by atoms with E-state index < -0.39 is 12.0 Å². The number of rotatable bonds is 10. The van der Waals surface area contributed by atoms with Crippen molar-refractivity contribution >= 4 is 12.0 Å². The average Bonchev–Trinajstić information content (AvgIpc) is 2.71. The molecule has 0 saturated carbocycles. The topological polar surface area (TPSA) is 85.9 Å². The zero-order valence-corrected chi connectivity index (χ0v) is 17.1. The highest BCUT2D eigenvalue weighted by Crippen LogP contribution is 2.35. The largest absolute Gasteiger partial charge is 0.490 e. The molecule has 0 saturated heterocycles. The summed E-state index contributed by atoms with van der Waals surface area (Å²) in [7, 11) is 1.33. The zero-order chi connectivity index (χ0) is 20.5. The molecule has 2 amide bonds. The molecule has 0 radical (unpaired) electrons. The number of ether oxygens (including phenoxy) is 3. The van der Waals surface area contributed by atoms with Gasteiger partial charge in [0.25, 0.3) is 0 Å². The van der Waals surface area contributed by atoms with Gasteiger partial charge < -0.3 is 24.8 Å². The molecule has 7 heteroatoms. The van der Waals surface area contributed by atoms with E-state index in [0.29, 0.717) is 42.4 Å². The fourth-order valence-corrected chi connectivity index (χ4v) is 3.12. The lowest BCUT2D eigenvalue weighted by molar-refractivity contribution is -0.136. The molecule has 0 aromatic heterocycles. The number of carbonyl (C=O) groups is 2. The molecule has 0 fully saturated rings.